The first-order valence-electron chi connectivity index (χ1n) is 8.59. The lowest BCUT2D eigenvalue weighted by molar-refractivity contribution is -0.158. The van der Waals surface area contributed by atoms with Gasteiger partial charge >= 0.3 is 6.18 Å². The van der Waals surface area contributed by atoms with Crippen LogP contribution >= 0.6 is 0 Å². The third-order valence-corrected chi connectivity index (χ3v) is 4.65. The van der Waals surface area contributed by atoms with E-state index in [1.807, 2.05) is 0 Å². The molecule has 3 aromatic heterocycles. The molecule has 3 aromatic rings. The molecule has 4 rings (SSSR count). The topological polar surface area (TPSA) is 72.2 Å². The van der Waals surface area contributed by atoms with Gasteiger partial charge in [0.25, 0.3) is 5.91 Å². The van der Waals surface area contributed by atoms with E-state index in [4.69, 9.17) is 0 Å². The molecule has 3 heterocycles. The summed E-state index contributed by atoms with van der Waals surface area (Å²) in [5, 5.41) is 6.26. The van der Waals surface area contributed by atoms with Crippen molar-refractivity contribution in [3.8, 4) is 11.3 Å². The van der Waals surface area contributed by atoms with Crippen LogP contribution in [0.25, 0.3) is 16.9 Å². The Kier molecular flexibility index (Phi) is 4.28. The van der Waals surface area contributed by atoms with E-state index in [2.05, 4.69) is 20.4 Å². The quantitative estimate of drug-likeness (QED) is 0.545. The standard InChI is InChI=1S/C18H15F4N5O/c1-9-7-12(11-3-2-6-23-15(11)19)26-27-13(8-24-16(9)27)17(28)25-14(10-4-5-10)18(20,21)22/h2-3,6-8,10,14H,4-5H2,1H3,(H,25,28). The minimum atomic E-state index is -4.54. The summed E-state index contributed by atoms with van der Waals surface area (Å²) in [4.78, 5) is 20.2. The van der Waals surface area contributed by atoms with Crippen molar-refractivity contribution < 1.29 is 22.4 Å². The molecule has 28 heavy (non-hydrogen) atoms. The summed E-state index contributed by atoms with van der Waals surface area (Å²) in [7, 11) is 0. The van der Waals surface area contributed by atoms with Gasteiger partial charge in [-0.15, -0.1) is 0 Å². The molecule has 1 fully saturated rings. The fraction of sp³-hybridized carbons (Fsp3) is 0.333. The number of nitrogens with one attached hydrogen (secondary N) is 1. The second-order valence-electron chi connectivity index (χ2n) is 6.76. The molecule has 1 aliphatic carbocycles. The number of hydrogen-bond donors (Lipinski definition) is 1. The minimum absolute atomic E-state index is 0.110. The predicted molar refractivity (Wildman–Crippen MR) is 90.9 cm³/mol. The number of aromatic nitrogens is 4. The Labute approximate surface area is 156 Å². The highest BCUT2D eigenvalue weighted by molar-refractivity contribution is 5.93. The van der Waals surface area contributed by atoms with Gasteiger partial charge in [0.1, 0.15) is 6.04 Å². The van der Waals surface area contributed by atoms with Crippen molar-refractivity contribution in [3.05, 3.63) is 47.8 Å². The van der Waals surface area contributed by atoms with Crippen LogP contribution in [0.4, 0.5) is 17.6 Å². The maximum absolute atomic E-state index is 14.0. The zero-order valence-corrected chi connectivity index (χ0v) is 14.7. The maximum Gasteiger partial charge on any atom is 0.408 e. The Morgan fingerprint density at radius 2 is 2.07 bits per heavy atom. The van der Waals surface area contributed by atoms with Gasteiger partial charge < -0.3 is 5.32 Å². The van der Waals surface area contributed by atoms with Crippen LogP contribution in [0.15, 0.2) is 30.6 Å². The molecule has 6 nitrogen and oxygen atoms in total. The van der Waals surface area contributed by atoms with Gasteiger partial charge in [-0.25, -0.2) is 14.5 Å². The average molecular weight is 393 g/mol. The van der Waals surface area contributed by atoms with Crippen LogP contribution in [0, 0.1) is 18.8 Å². The van der Waals surface area contributed by atoms with Crippen LogP contribution < -0.4 is 5.32 Å². The molecule has 0 bridgehead atoms. The Hall–Kier alpha value is -3.04. The Bertz CT molecular complexity index is 1060. The highest BCUT2D eigenvalue weighted by Crippen LogP contribution is 2.40. The van der Waals surface area contributed by atoms with Crippen molar-refractivity contribution in [3.63, 3.8) is 0 Å². The van der Waals surface area contributed by atoms with Crippen molar-refractivity contribution >= 4 is 11.6 Å². The molecule has 0 saturated heterocycles. The molecule has 0 spiro atoms. The second-order valence-corrected chi connectivity index (χ2v) is 6.76. The second kappa shape index (κ2) is 6.54. The molecule has 0 aromatic carbocycles. The number of pyridine rings is 1. The number of halogens is 4. The summed E-state index contributed by atoms with van der Waals surface area (Å²) in [6.07, 6.45) is -1.26. The highest BCUT2D eigenvalue weighted by atomic mass is 19.4. The van der Waals surface area contributed by atoms with Crippen molar-refractivity contribution in [2.24, 2.45) is 5.92 Å². The molecule has 0 radical (unpaired) electrons. The molecule has 1 atom stereocenters. The first-order chi connectivity index (χ1) is 13.3. The van der Waals surface area contributed by atoms with Crippen molar-refractivity contribution in [1.29, 1.82) is 0 Å². The Morgan fingerprint density at radius 3 is 2.71 bits per heavy atom. The van der Waals surface area contributed by atoms with Crippen molar-refractivity contribution in [2.45, 2.75) is 32.0 Å². The van der Waals surface area contributed by atoms with Crippen LogP contribution in [-0.4, -0.2) is 37.7 Å². The largest absolute Gasteiger partial charge is 0.408 e. The molecule has 10 heteroatoms. The normalized spacial score (nSPS) is 15.6. The van der Waals surface area contributed by atoms with E-state index in [0.29, 0.717) is 24.1 Å². The van der Waals surface area contributed by atoms with E-state index < -0.39 is 30.0 Å². The molecule has 1 N–H and O–H groups in total. The van der Waals surface area contributed by atoms with E-state index in [1.54, 1.807) is 13.0 Å². The van der Waals surface area contributed by atoms with Crippen molar-refractivity contribution in [2.75, 3.05) is 0 Å². The summed E-state index contributed by atoms with van der Waals surface area (Å²) in [5.74, 6) is -2.29. The number of fused-ring (bicyclic) bond motifs is 1. The SMILES string of the molecule is Cc1cc(-c2cccnc2F)nn2c(C(=O)NC(C3CC3)C(F)(F)F)cnc12. The summed E-state index contributed by atoms with van der Waals surface area (Å²) >= 11 is 0. The molecular weight excluding hydrogens is 378 g/mol. The van der Waals surface area contributed by atoms with E-state index >= 15 is 0 Å². The summed E-state index contributed by atoms with van der Waals surface area (Å²) in [5.41, 5.74) is 1.03. The van der Waals surface area contributed by atoms with Crippen LogP contribution in [0.2, 0.25) is 0 Å². The predicted octanol–water partition coefficient (Wildman–Crippen LogP) is 3.31. The van der Waals surface area contributed by atoms with E-state index in [9.17, 15) is 22.4 Å². The zero-order valence-electron chi connectivity index (χ0n) is 14.7. The lowest BCUT2D eigenvalue weighted by Crippen LogP contribution is -2.47. The lowest BCUT2D eigenvalue weighted by Gasteiger charge is -2.21. The van der Waals surface area contributed by atoms with Crippen LogP contribution in [0.3, 0.4) is 0 Å². The number of aryl methyl sites for hydroxylation is 1. The Balaban J connectivity index is 1.74. The van der Waals surface area contributed by atoms with Crippen LogP contribution in [0.1, 0.15) is 28.9 Å². The summed E-state index contributed by atoms with van der Waals surface area (Å²) < 4.78 is 54.8. The molecule has 1 unspecified atom stereocenters. The van der Waals surface area contributed by atoms with E-state index in [0.717, 1.165) is 10.7 Å². The third kappa shape index (κ3) is 3.30. The molecule has 1 saturated carbocycles. The molecule has 0 aliphatic heterocycles. The van der Waals surface area contributed by atoms with Gasteiger partial charge in [0.05, 0.1) is 17.5 Å². The number of rotatable bonds is 4. The zero-order chi connectivity index (χ0) is 20.1. The van der Waals surface area contributed by atoms with Crippen LogP contribution in [-0.2, 0) is 0 Å². The number of alkyl halides is 3. The maximum atomic E-state index is 14.0. The smallest absolute Gasteiger partial charge is 0.339 e. The van der Waals surface area contributed by atoms with Crippen molar-refractivity contribution in [1.82, 2.24) is 24.9 Å². The fourth-order valence-electron chi connectivity index (χ4n) is 3.10. The number of carbonyl (C=O) groups is 1. The van der Waals surface area contributed by atoms with Gasteiger partial charge in [-0.3, -0.25) is 4.79 Å². The van der Waals surface area contributed by atoms with Gasteiger partial charge in [0.15, 0.2) is 11.3 Å². The Morgan fingerprint density at radius 1 is 1.32 bits per heavy atom. The number of amides is 1. The number of imidazole rings is 1. The summed E-state index contributed by atoms with van der Waals surface area (Å²) in [6, 6.07) is 2.67. The van der Waals surface area contributed by atoms with Gasteiger partial charge in [-0.1, -0.05) is 0 Å². The lowest BCUT2D eigenvalue weighted by atomic mass is 10.1. The van der Waals surface area contributed by atoms with Crippen LogP contribution in [0.5, 0.6) is 0 Å². The van der Waals surface area contributed by atoms with E-state index in [-0.39, 0.29) is 17.0 Å². The first-order valence-corrected chi connectivity index (χ1v) is 8.59. The van der Waals surface area contributed by atoms with Gasteiger partial charge in [0.2, 0.25) is 5.95 Å². The molecule has 1 aliphatic rings. The molecule has 1 amide bonds. The fourth-order valence-corrected chi connectivity index (χ4v) is 3.10. The minimum Gasteiger partial charge on any atom is -0.339 e. The first kappa shape index (κ1) is 18.3. The van der Waals surface area contributed by atoms with E-state index in [1.165, 1.54) is 18.3 Å². The molecule has 146 valence electrons. The summed E-state index contributed by atoms with van der Waals surface area (Å²) in [6.45, 7) is 1.69. The average Bonchev–Trinajstić information content (AvgIpc) is 3.37. The number of hydrogen-bond acceptors (Lipinski definition) is 4. The monoisotopic (exact) mass is 393 g/mol. The number of nitrogens with zero attached hydrogens (tertiary/aromatic N) is 4. The molecular formula is C18H15F4N5O. The van der Waals surface area contributed by atoms with Gasteiger partial charge in [0, 0.05) is 6.20 Å². The third-order valence-electron chi connectivity index (χ3n) is 4.65. The van der Waals surface area contributed by atoms with Gasteiger partial charge in [-0.2, -0.15) is 22.7 Å². The number of carbonyl (C=O) groups excluding carboxylic acids is 1. The van der Waals surface area contributed by atoms with Gasteiger partial charge in [-0.05, 0) is 49.4 Å². The highest BCUT2D eigenvalue weighted by Gasteiger charge is 2.49.